The van der Waals surface area contributed by atoms with E-state index in [1.165, 1.54) is 7.11 Å². The second-order valence-electron chi connectivity index (χ2n) is 8.68. The van der Waals surface area contributed by atoms with Gasteiger partial charge in [0.15, 0.2) is 11.3 Å². The number of amides is 1. The highest BCUT2D eigenvalue weighted by atomic mass is 16.5. The molecular weight excluding hydrogens is 488 g/mol. The molecule has 0 atom stereocenters. The minimum absolute atomic E-state index is 0.0939. The topological polar surface area (TPSA) is 164 Å². The number of H-pyrrole nitrogens is 1. The largest absolute Gasteiger partial charge is 0.493 e. The highest BCUT2D eigenvalue weighted by molar-refractivity contribution is 6.01. The number of fused-ring (bicyclic) bond motifs is 2. The number of hydrogen-bond acceptors (Lipinski definition) is 9. The Balaban J connectivity index is 1.62. The number of carbonyl (C=O) groups is 1. The maximum atomic E-state index is 12.9. The number of aromatic amines is 1. The van der Waals surface area contributed by atoms with Crippen LogP contribution in [-0.4, -0.2) is 48.9 Å². The van der Waals surface area contributed by atoms with E-state index in [1.807, 2.05) is 36.4 Å². The molecule has 196 valence electrons. The molecule has 0 aliphatic heterocycles. The number of furan rings is 1. The van der Waals surface area contributed by atoms with E-state index in [0.717, 1.165) is 27.4 Å². The van der Waals surface area contributed by atoms with E-state index in [2.05, 4.69) is 20.3 Å². The Morgan fingerprint density at radius 3 is 2.61 bits per heavy atom. The smallest absolute Gasteiger partial charge is 0.269 e. The number of ether oxygens (including phenoxy) is 3. The molecule has 6 N–H and O–H groups in total. The first-order chi connectivity index (χ1) is 18.4. The zero-order valence-electron chi connectivity index (χ0n) is 21.3. The van der Waals surface area contributed by atoms with Crippen LogP contribution in [0.15, 0.2) is 47.0 Å². The molecule has 3 aromatic heterocycles. The average Bonchev–Trinajstić information content (AvgIpc) is 3.50. The highest BCUT2D eigenvalue weighted by Gasteiger charge is 2.23. The third-order valence-corrected chi connectivity index (χ3v) is 6.35. The van der Waals surface area contributed by atoms with Gasteiger partial charge in [0.25, 0.3) is 5.91 Å². The van der Waals surface area contributed by atoms with Crippen molar-refractivity contribution in [1.82, 2.24) is 20.3 Å². The molecule has 11 heteroatoms. The van der Waals surface area contributed by atoms with Gasteiger partial charge in [-0.15, -0.1) is 0 Å². The number of aromatic nitrogens is 3. The normalized spacial score (nSPS) is 11.2. The summed E-state index contributed by atoms with van der Waals surface area (Å²) < 4.78 is 22.6. The maximum absolute atomic E-state index is 12.9. The van der Waals surface area contributed by atoms with Gasteiger partial charge in [0, 0.05) is 48.0 Å². The summed E-state index contributed by atoms with van der Waals surface area (Å²) in [7, 11) is 4.64. The third kappa shape index (κ3) is 4.55. The van der Waals surface area contributed by atoms with Crippen LogP contribution in [0.25, 0.3) is 21.9 Å². The van der Waals surface area contributed by atoms with Crippen molar-refractivity contribution in [2.45, 2.75) is 12.8 Å². The summed E-state index contributed by atoms with van der Waals surface area (Å²) in [4.78, 5) is 24.3. The Morgan fingerprint density at radius 2 is 1.87 bits per heavy atom. The summed E-state index contributed by atoms with van der Waals surface area (Å²) in [5.41, 5.74) is 16.0. The molecule has 0 saturated carbocycles. The van der Waals surface area contributed by atoms with Gasteiger partial charge in [-0.25, -0.2) is 4.98 Å². The van der Waals surface area contributed by atoms with Gasteiger partial charge in [0.1, 0.15) is 24.0 Å². The van der Waals surface area contributed by atoms with E-state index in [4.69, 9.17) is 30.1 Å². The number of benzene rings is 2. The first-order valence-electron chi connectivity index (χ1n) is 11.8. The molecule has 11 nitrogen and oxygen atoms in total. The molecule has 2 aromatic carbocycles. The van der Waals surface area contributed by atoms with Crippen molar-refractivity contribution in [2.24, 2.45) is 0 Å². The molecule has 0 fully saturated rings. The molecule has 1 amide bonds. The van der Waals surface area contributed by atoms with Crippen molar-refractivity contribution in [1.29, 1.82) is 0 Å². The molecule has 0 spiro atoms. The van der Waals surface area contributed by atoms with Gasteiger partial charge in [0.05, 0.1) is 14.2 Å². The first-order valence-corrected chi connectivity index (χ1v) is 11.8. The van der Waals surface area contributed by atoms with E-state index in [1.54, 1.807) is 20.4 Å². The number of nitrogens with one attached hydrogen (secondary N) is 2. The van der Waals surface area contributed by atoms with Crippen LogP contribution in [0.1, 0.15) is 32.9 Å². The maximum Gasteiger partial charge on any atom is 0.269 e. The molecular formula is C27H28N6O5. The lowest BCUT2D eigenvalue weighted by atomic mass is 10.0. The van der Waals surface area contributed by atoms with E-state index >= 15 is 0 Å². The molecule has 38 heavy (non-hydrogen) atoms. The van der Waals surface area contributed by atoms with E-state index in [0.29, 0.717) is 52.8 Å². The fourth-order valence-electron chi connectivity index (χ4n) is 4.59. The minimum Gasteiger partial charge on any atom is -0.493 e. The van der Waals surface area contributed by atoms with Crippen molar-refractivity contribution >= 4 is 39.5 Å². The number of rotatable bonds is 9. The van der Waals surface area contributed by atoms with Crippen LogP contribution in [0.4, 0.5) is 11.8 Å². The minimum atomic E-state index is -0.270. The van der Waals surface area contributed by atoms with Gasteiger partial charge >= 0.3 is 0 Å². The number of anilines is 2. The molecule has 5 aromatic rings. The Morgan fingerprint density at radius 1 is 1.05 bits per heavy atom. The quantitative estimate of drug-likeness (QED) is 0.215. The van der Waals surface area contributed by atoms with Crippen LogP contribution >= 0.6 is 0 Å². The molecule has 0 radical (unpaired) electrons. The van der Waals surface area contributed by atoms with Gasteiger partial charge in [-0.05, 0) is 29.3 Å². The molecule has 0 aliphatic rings. The molecule has 0 saturated heterocycles. The predicted molar refractivity (Wildman–Crippen MR) is 143 cm³/mol. The van der Waals surface area contributed by atoms with Gasteiger partial charge in [-0.1, -0.05) is 18.2 Å². The van der Waals surface area contributed by atoms with Crippen LogP contribution < -0.4 is 26.3 Å². The zero-order valence-corrected chi connectivity index (χ0v) is 21.3. The fourth-order valence-corrected chi connectivity index (χ4v) is 4.59. The average molecular weight is 517 g/mol. The number of carbonyl (C=O) groups excluding carboxylic acids is 1. The van der Waals surface area contributed by atoms with Crippen LogP contribution in [0.3, 0.4) is 0 Å². The van der Waals surface area contributed by atoms with Crippen LogP contribution in [0, 0.1) is 0 Å². The highest BCUT2D eigenvalue weighted by Crippen LogP contribution is 2.41. The Labute approximate surface area is 218 Å². The van der Waals surface area contributed by atoms with Crippen LogP contribution in [0.2, 0.25) is 0 Å². The van der Waals surface area contributed by atoms with Crippen molar-refractivity contribution in [3.8, 4) is 11.5 Å². The molecule has 5 rings (SSSR count). The third-order valence-electron chi connectivity index (χ3n) is 6.35. The summed E-state index contributed by atoms with van der Waals surface area (Å²) >= 11 is 0. The second-order valence-corrected chi connectivity index (χ2v) is 8.68. The fraction of sp³-hybridized carbons (Fsp3) is 0.222. The number of methoxy groups -OCH3 is 3. The van der Waals surface area contributed by atoms with E-state index < -0.39 is 0 Å². The van der Waals surface area contributed by atoms with Gasteiger partial charge in [-0.3, -0.25) is 4.79 Å². The van der Waals surface area contributed by atoms with Gasteiger partial charge < -0.3 is 40.4 Å². The number of nitrogens with two attached hydrogens (primary N) is 2. The van der Waals surface area contributed by atoms with Gasteiger partial charge in [0.2, 0.25) is 11.7 Å². The lowest BCUT2D eigenvalue weighted by molar-refractivity contribution is 0.0867. The molecule has 0 aliphatic carbocycles. The van der Waals surface area contributed by atoms with Crippen molar-refractivity contribution in [3.05, 3.63) is 70.7 Å². The lowest BCUT2D eigenvalue weighted by Crippen LogP contribution is -2.26. The summed E-state index contributed by atoms with van der Waals surface area (Å²) in [5.74, 6) is 1.76. The molecule has 0 unspecified atom stereocenters. The monoisotopic (exact) mass is 516 g/mol. The Bertz CT molecular complexity index is 1640. The van der Waals surface area contributed by atoms with Crippen LogP contribution in [-0.2, 0) is 17.6 Å². The van der Waals surface area contributed by atoms with Gasteiger partial charge in [-0.2, -0.15) is 4.98 Å². The zero-order chi connectivity index (χ0) is 26.8. The SMILES string of the molecule is COCNC(=O)c1[nH]c2ccccc2c1Cc1cc2c(Cc3cnc(N)nc3N)cc(OC)c(OC)c2o1. The lowest BCUT2D eigenvalue weighted by Gasteiger charge is -2.12. The van der Waals surface area contributed by atoms with Crippen molar-refractivity contribution in [2.75, 3.05) is 39.5 Å². The van der Waals surface area contributed by atoms with Crippen molar-refractivity contribution < 1.29 is 23.4 Å². The molecule has 0 bridgehead atoms. The standard InChI is InChI=1S/C27H28N6O5/c1-35-13-31-26(34)22-19(17-6-4-5-7-20(17)32-22)11-16-10-18-14(8-15-12-30-27(29)33-25(15)28)9-21(36-2)24(37-3)23(18)38-16/h4-7,9-10,12,32H,8,11,13H2,1-3H3,(H,31,34)(H4,28,29,30,33). The summed E-state index contributed by atoms with van der Waals surface area (Å²) in [6, 6.07) is 11.6. The number of nitrogen functional groups attached to an aromatic ring is 2. The number of para-hydroxylation sites is 1. The van der Waals surface area contributed by atoms with Crippen molar-refractivity contribution in [3.63, 3.8) is 0 Å². The Kier molecular flexibility index (Phi) is 6.75. The number of nitrogens with zero attached hydrogens (tertiary/aromatic N) is 2. The Hall–Kier alpha value is -4.77. The van der Waals surface area contributed by atoms with E-state index in [9.17, 15) is 4.79 Å². The summed E-state index contributed by atoms with van der Waals surface area (Å²) in [6.45, 7) is 0.0939. The second kappa shape index (κ2) is 10.3. The summed E-state index contributed by atoms with van der Waals surface area (Å²) in [6.07, 6.45) is 2.38. The van der Waals surface area contributed by atoms with E-state index in [-0.39, 0.29) is 18.6 Å². The summed E-state index contributed by atoms with van der Waals surface area (Å²) in [5, 5.41) is 4.49. The predicted octanol–water partition coefficient (Wildman–Crippen LogP) is 3.40. The molecule has 3 heterocycles. The number of hydrogen-bond donors (Lipinski definition) is 4. The first kappa shape index (κ1) is 24.9. The van der Waals surface area contributed by atoms with Crippen LogP contribution in [0.5, 0.6) is 11.5 Å².